The van der Waals surface area contributed by atoms with Crippen LogP contribution in [-0.4, -0.2) is 29.2 Å². The molecule has 1 aliphatic heterocycles. The zero-order chi connectivity index (χ0) is 15.7. The summed E-state index contributed by atoms with van der Waals surface area (Å²) in [6, 6.07) is 7.59. The summed E-state index contributed by atoms with van der Waals surface area (Å²) in [6.07, 6.45) is 1.92. The number of hydrogen-bond donors (Lipinski definition) is 0. The first-order valence-corrected chi connectivity index (χ1v) is 7.87. The van der Waals surface area contributed by atoms with Crippen LogP contribution in [0.15, 0.2) is 34.9 Å². The van der Waals surface area contributed by atoms with Crippen molar-refractivity contribution in [3.8, 4) is 11.5 Å². The number of benzene rings is 1. The van der Waals surface area contributed by atoms with E-state index in [9.17, 15) is 4.79 Å². The number of nitrogens with zero attached hydrogens (tertiary/aromatic N) is 2. The predicted octanol–water partition coefficient (Wildman–Crippen LogP) is 3.27. The van der Waals surface area contributed by atoms with Crippen LogP contribution in [0.2, 0.25) is 0 Å². The average Bonchev–Trinajstić information content (AvgIpc) is 3.11. The van der Waals surface area contributed by atoms with Crippen LogP contribution in [0, 0.1) is 0 Å². The molecule has 0 fully saturated rings. The van der Waals surface area contributed by atoms with E-state index in [4.69, 9.17) is 9.47 Å². The zero-order valence-corrected chi connectivity index (χ0v) is 14.1. The summed E-state index contributed by atoms with van der Waals surface area (Å²) in [5, 5.41) is 0. The number of carbonyl (C=O) groups is 1. The Morgan fingerprint density at radius 3 is 2.86 bits per heavy atom. The molecule has 2 aromatic rings. The Hall–Kier alpha value is -1.95. The number of rotatable bonds is 4. The van der Waals surface area contributed by atoms with Gasteiger partial charge in [0.05, 0.1) is 0 Å². The number of aromatic nitrogens is 1. The van der Waals surface area contributed by atoms with Gasteiger partial charge in [-0.3, -0.25) is 4.79 Å². The predicted molar refractivity (Wildman–Crippen MR) is 86.2 cm³/mol. The van der Waals surface area contributed by atoms with Gasteiger partial charge in [0.25, 0.3) is 5.91 Å². The fraction of sp³-hybridized carbons (Fsp3) is 0.312. The summed E-state index contributed by atoms with van der Waals surface area (Å²) in [4.78, 5) is 14.3. The highest BCUT2D eigenvalue weighted by Gasteiger charge is 2.18. The van der Waals surface area contributed by atoms with Gasteiger partial charge in [-0.05, 0) is 46.6 Å². The molecule has 3 rings (SSSR count). The van der Waals surface area contributed by atoms with E-state index in [1.807, 2.05) is 42.0 Å². The minimum atomic E-state index is -0.00906. The Balaban J connectivity index is 1.76. The number of halogens is 1. The fourth-order valence-electron chi connectivity index (χ4n) is 2.50. The van der Waals surface area contributed by atoms with Crippen molar-refractivity contribution in [2.24, 2.45) is 0 Å². The molecule has 116 valence electrons. The molecular weight excluding hydrogens is 348 g/mol. The minimum absolute atomic E-state index is 0.00906. The third kappa shape index (κ3) is 2.83. The van der Waals surface area contributed by atoms with Crippen molar-refractivity contribution in [1.29, 1.82) is 0 Å². The van der Waals surface area contributed by atoms with Gasteiger partial charge in [-0.15, -0.1) is 0 Å². The summed E-state index contributed by atoms with van der Waals surface area (Å²) >= 11 is 3.42. The minimum Gasteiger partial charge on any atom is -0.454 e. The molecule has 0 bridgehead atoms. The van der Waals surface area contributed by atoms with Crippen molar-refractivity contribution in [3.05, 3.63) is 46.2 Å². The summed E-state index contributed by atoms with van der Waals surface area (Å²) < 4.78 is 13.5. The summed E-state index contributed by atoms with van der Waals surface area (Å²) in [5.41, 5.74) is 1.69. The monoisotopic (exact) mass is 364 g/mol. The normalized spacial score (nSPS) is 12.5. The second-order valence-corrected chi connectivity index (χ2v) is 6.09. The quantitative estimate of drug-likeness (QED) is 0.835. The third-order valence-electron chi connectivity index (χ3n) is 3.63. The van der Waals surface area contributed by atoms with Gasteiger partial charge in [0, 0.05) is 30.8 Å². The Bertz CT molecular complexity index is 711. The van der Waals surface area contributed by atoms with Gasteiger partial charge in [-0.2, -0.15) is 0 Å². The van der Waals surface area contributed by atoms with Crippen molar-refractivity contribution >= 4 is 21.8 Å². The molecule has 22 heavy (non-hydrogen) atoms. The topological polar surface area (TPSA) is 43.7 Å². The van der Waals surface area contributed by atoms with Crippen LogP contribution >= 0.6 is 15.9 Å². The lowest BCUT2D eigenvalue weighted by Gasteiger charge is -2.18. The molecule has 2 heterocycles. The molecule has 1 aromatic heterocycles. The van der Waals surface area contributed by atoms with Crippen LogP contribution in [-0.2, 0) is 13.1 Å². The SMILES string of the molecule is CCn1cc(Br)cc1C(=O)N(C)Cc1ccc2c(c1)OCO2. The molecule has 1 aromatic carbocycles. The van der Waals surface area contributed by atoms with Gasteiger partial charge in [0.2, 0.25) is 6.79 Å². The first kappa shape index (κ1) is 15.0. The number of carbonyl (C=O) groups excluding carboxylic acids is 1. The molecule has 0 saturated carbocycles. The Labute approximate surface area is 137 Å². The molecule has 0 radical (unpaired) electrons. The standard InChI is InChI=1S/C16H17BrN2O3/c1-3-19-9-12(17)7-13(19)16(20)18(2)8-11-4-5-14-15(6-11)22-10-21-14/h4-7,9H,3,8,10H2,1-2H3. The highest BCUT2D eigenvalue weighted by Crippen LogP contribution is 2.32. The smallest absolute Gasteiger partial charge is 0.270 e. The van der Waals surface area contributed by atoms with Crippen LogP contribution in [0.1, 0.15) is 23.0 Å². The summed E-state index contributed by atoms with van der Waals surface area (Å²) in [5.74, 6) is 1.48. The average molecular weight is 365 g/mol. The largest absolute Gasteiger partial charge is 0.454 e. The number of aryl methyl sites for hydroxylation is 1. The van der Waals surface area contributed by atoms with E-state index in [0.29, 0.717) is 12.2 Å². The van der Waals surface area contributed by atoms with Crippen LogP contribution in [0.3, 0.4) is 0 Å². The highest BCUT2D eigenvalue weighted by atomic mass is 79.9. The maximum Gasteiger partial charge on any atom is 0.270 e. The zero-order valence-electron chi connectivity index (χ0n) is 12.5. The molecule has 1 aliphatic rings. The van der Waals surface area contributed by atoms with E-state index in [-0.39, 0.29) is 12.7 Å². The van der Waals surface area contributed by atoms with Gasteiger partial charge < -0.3 is 18.9 Å². The Kier molecular flexibility index (Phi) is 4.11. The number of ether oxygens (including phenoxy) is 2. The van der Waals surface area contributed by atoms with Crippen molar-refractivity contribution < 1.29 is 14.3 Å². The molecule has 0 N–H and O–H groups in total. The first-order chi connectivity index (χ1) is 10.6. The van der Waals surface area contributed by atoms with Crippen LogP contribution in [0.25, 0.3) is 0 Å². The molecule has 0 unspecified atom stereocenters. The van der Waals surface area contributed by atoms with Crippen LogP contribution < -0.4 is 9.47 Å². The third-order valence-corrected chi connectivity index (χ3v) is 4.06. The molecule has 1 amide bonds. The van der Waals surface area contributed by atoms with Crippen molar-refractivity contribution in [3.63, 3.8) is 0 Å². The molecule has 0 atom stereocenters. The van der Waals surface area contributed by atoms with E-state index in [1.165, 1.54) is 0 Å². The van der Waals surface area contributed by atoms with E-state index in [2.05, 4.69) is 15.9 Å². The Morgan fingerprint density at radius 2 is 2.09 bits per heavy atom. The van der Waals surface area contributed by atoms with Gasteiger partial charge in [0.15, 0.2) is 11.5 Å². The fourth-order valence-corrected chi connectivity index (χ4v) is 2.96. The first-order valence-electron chi connectivity index (χ1n) is 7.08. The number of amides is 1. The Morgan fingerprint density at radius 1 is 1.32 bits per heavy atom. The van der Waals surface area contributed by atoms with Crippen molar-refractivity contribution in [2.75, 3.05) is 13.8 Å². The molecule has 0 spiro atoms. The van der Waals surface area contributed by atoms with Gasteiger partial charge in [-0.25, -0.2) is 0 Å². The lowest BCUT2D eigenvalue weighted by atomic mass is 10.2. The van der Waals surface area contributed by atoms with Gasteiger partial charge in [0.1, 0.15) is 5.69 Å². The summed E-state index contributed by atoms with van der Waals surface area (Å²) in [6.45, 7) is 3.54. The molecule has 0 aliphatic carbocycles. The van der Waals surface area contributed by atoms with Gasteiger partial charge >= 0.3 is 0 Å². The van der Waals surface area contributed by atoms with E-state index in [0.717, 1.165) is 28.1 Å². The maximum atomic E-state index is 12.6. The summed E-state index contributed by atoms with van der Waals surface area (Å²) in [7, 11) is 1.80. The molecule has 6 heteroatoms. The molecular formula is C16H17BrN2O3. The number of fused-ring (bicyclic) bond motifs is 1. The highest BCUT2D eigenvalue weighted by molar-refractivity contribution is 9.10. The van der Waals surface area contributed by atoms with Crippen molar-refractivity contribution in [2.45, 2.75) is 20.0 Å². The van der Waals surface area contributed by atoms with Crippen LogP contribution in [0.4, 0.5) is 0 Å². The van der Waals surface area contributed by atoms with E-state index in [1.54, 1.807) is 11.9 Å². The maximum absolute atomic E-state index is 12.6. The second-order valence-electron chi connectivity index (χ2n) is 5.18. The van der Waals surface area contributed by atoms with Crippen LogP contribution in [0.5, 0.6) is 11.5 Å². The number of hydrogen-bond acceptors (Lipinski definition) is 3. The van der Waals surface area contributed by atoms with Crippen molar-refractivity contribution in [1.82, 2.24) is 9.47 Å². The molecule has 0 saturated heterocycles. The second kappa shape index (κ2) is 6.04. The lowest BCUT2D eigenvalue weighted by Crippen LogP contribution is -2.28. The lowest BCUT2D eigenvalue weighted by molar-refractivity contribution is 0.0774. The van der Waals surface area contributed by atoms with E-state index >= 15 is 0 Å². The van der Waals surface area contributed by atoms with E-state index < -0.39 is 0 Å². The molecule has 5 nitrogen and oxygen atoms in total. The van der Waals surface area contributed by atoms with Gasteiger partial charge in [-0.1, -0.05) is 6.07 Å².